The van der Waals surface area contributed by atoms with Crippen LogP contribution in [0.3, 0.4) is 0 Å². The topological polar surface area (TPSA) is 69.2 Å². The van der Waals surface area contributed by atoms with Crippen LogP contribution in [0.15, 0.2) is 84.0 Å². The van der Waals surface area contributed by atoms with Gasteiger partial charge in [0.1, 0.15) is 5.75 Å². The van der Waals surface area contributed by atoms with Crippen LogP contribution < -0.4 is 14.8 Å². The first-order chi connectivity index (χ1) is 15.3. The highest BCUT2D eigenvalue weighted by molar-refractivity contribution is 7.98. The molecule has 0 saturated heterocycles. The van der Waals surface area contributed by atoms with Crippen LogP contribution in [0.25, 0.3) is 11.3 Å². The zero-order chi connectivity index (χ0) is 21.0. The van der Waals surface area contributed by atoms with Crippen molar-refractivity contribution in [2.24, 2.45) is 0 Å². The highest BCUT2D eigenvalue weighted by atomic mass is 32.2. The summed E-state index contributed by atoms with van der Waals surface area (Å²) in [5.74, 6) is 1.94. The quantitative estimate of drug-likeness (QED) is 0.430. The number of aromatic nitrogens is 3. The molecule has 7 heteroatoms. The predicted octanol–water partition coefficient (Wildman–Crippen LogP) is 5.34. The number of methoxy groups -OCH3 is 1. The number of hydrogen-bond donors (Lipinski definition) is 1. The van der Waals surface area contributed by atoms with Crippen LogP contribution in [0.5, 0.6) is 11.6 Å². The van der Waals surface area contributed by atoms with Gasteiger partial charge in [0.05, 0.1) is 12.7 Å². The summed E-state index contributed by atoms with van der Waals surface area (Å²) in [6.45, 7) is 0. The monoisotopic (exact) mass is 428 g/mol. The van der Waals surface area contributed by atoms with Crippen molar-refractivity contribution in [2.75, 3.05) is 12.4 Å². The summed E-state index contributed by atoms with van der Waals surface area (Å²) in [5.41, 5.74) is 4.49. The average molecular weight is 429 g/mol. The van der Waals surface area contributed by atoms with E-state index in [1.54, 1.807) is 7.11 Å². The molecule has 31 heavy (non-hydrogen) atoms. The summed E-state index contributed by atoms with van der Waals surface area (Å²) < 4.78 is 11.9. The fourth-order valence-electron chi connectivity index (χ4n) is 3.45. The SMILES string of the molecule is COc1ccccc1C1Nc2ccccc2-c2nnc(SCc3ccccc3)nc2O1. The van der Waals surface area contributed by atoms with Gasteiger partial charge >= 0.3 is 0 Å². The van der Waals surface area contributed by atoms with Gasteiger partial charge in [-0.1, -0.05) is 72.4 Å². The summed E-state index contributed by atoms with van der Waals surface area (Å²) in [7, 11) is 1.65. The van der Waals surface area contributed by atoms with E-state index in [0.29, 0.717) is 16.7 Å². The van der Waals surface area contributed by atoms with Crippen molar-refractivity contribution >= 4 is 17.4 Å². The maximum Gasteiger partial charge on any atom is 0.247 e. The van der Waals surface area contributed by atoms with Crippen LogP contribution >= 0.6 is 11.8 Å². The fraction of sp³-hybridized carbons (Fsp3) is 0.125. The molecule has 0 bridgehead atoms. The molecule has 1 N–H and O–H groups in total. The lowest BCUT2D eigenvalue weighted by Gasteiger charge is -2.21. The number of hydrogen-bond acceptors (Lipinski definition) is 7. The van der Waals surface area contributed by atoms with Crippen molar-refractivity contribution in [1.82, 2.24) is 15.2 Å². The van der Waals surface area contributed by atoms with Gasteiger partial charge < -0.3 is 14.8 Å². The number of fused-ring (bicyclic) bond motifs is 3. The second kappa shape index (κ2) is 8.65. The van der Waals surface area contributed by atoms with E-state index in [4.69, 9.17) is 14.5 Å². The van der Waals surface area contributed by atoms with E-state index < -0.39 is 6.23 Å². The van der Waals surface area contributed by atoms with Crippen molar-refractivity contribution in [1.29, 1.82) is 0 Å². The third-order valence-electron chi connectivity index (χ3n) is 4.97. The predicted molar refractivity (Wildman–Crippen MR) is 121 cm³/mol. The molecule has 0 radical (unpaired) electrons. The normalized spacial score (nSPS) is 14.4. The van der Waals surface area contributed by atoms with Gasteiger partial charge in [-0.3, -0.25) is 0 Å². The molecule has 1 aliphatic heterocycles. The van der Waals surface area contributed by atoms with Crippen LogP contribution in [0.2, 0.25) is 0 Å². The van der Waals surface area contributed by atoms with Crippen LogP contribution in [0, 0.1) is 0 Å². The smallest absolute Gasteiger partial charge is 0.247 e. The molecule has 0 aliphatic carbocycles. The lowest BCUT2D eigenvalue weighted by molar-refractivity contribution is 0.220. The Labute approximate surface area is 184 Å². The highest BCUT2D eigenvalue weighted by Crippen LogP contribution is 2.41. The van der Waals surface area contributed by atoms with E-state index in [-0.39, 0.29) is 0 Å². The lowest BCUT2D eigenvalue weighted by atomic mass is 10.1. The van der Waals surface area contributed by atoms with Gasteiger partial charge in [-0.05, 0) is 23.8 Å². The number of thioether (sulfide) groups is 1. The lowest BCUT2D eigenvalue weighted by Crippen LogP contribution is -2.18. The van der Waals surface area contributed by atoms with Crippen LogP contribution in [0.4, 0.5) is 5.69 Å². The molecular weight excluding hydrogens is 408 g/mol. The summed E-state index contributed by atoms with van der Waals surface area (Å²) in [4.78, 5) is 4.70. The first-order valence-corrected chi connectivity index (χ1v) is 10.9. The molecule has 6 nitrogen and oxygen atoms in total. The average Bonchev–Trinajstić information content (AvgIpc) is 3.00. The van der Waals surface area contributed by atoms with Gasteiger partial charge in [-0.2, -0.15) is 4.98 Å². The van der Waals surface area contributed by atoms with Gasteiger partial charge in [-0.15, -0.1) is 10.2 Å². The maximum atomic E-state index is 6.34. The Morgan fingerprint density at radius 3 is 2.58 bits per heavy atom. The van der Waals surface area contributed by atoms with E-state index >= 15 is 0 Å². The van der Waals surface area contributed by atoms with Gasteiger partial charge in [0.2, 0.25) is 17.3 Å². The fourth-order valence-corrected chi connectivity index (χ4v) is 4.19. The molecule has 1 aliphatic rings. The van der Waals surface area contributed by atoms with E-state index in [1.807, 2.05) is 66.7 Å². The number of para-hydroxylation sites is 2. The Bertz CT molecular complexity index is 1200. The van der Waals surface area contributed by atoms with Crippen molar-refractivity contribution in [2.45, 2.75) is 17.1 Å². The molecule has 5 rings (SSSR count). The number of nitrogens with zero attached hydrogens (tertiary/aromatic N) is 3. The van der Waals surface area contributed by atoms with Crippen molar-refractivity contribution in [3.8, 4) is 22.9 Å². The first-order valence-electron chi connectivity index (χ1n) is 9.89. The molecule has 0 amide bonds. The van der Waals surface area contributed by atoms with Crippen LogP contribution in [0.1, 0.15) is 17.4 Å². The number of anilines is 1. The van der Waals surface area contributed by atoms with Gasteiger partial charge in [0.25, 0.3) is 0 Å². The minimum Gasteiger partial charge on any atom is -0.496 e. The molecule has 3 aromatic carbocycles. The minimum absolute atomic E-state index is 0.443. The maximum absolute atomic E-state index is 6.34. The van der Waals surface area contributed by atoms with Gasteiger partial charge in [0.15, 0.2) is 5.69 Å². The first kappa shape index (κ1) is 19.4. The van der Waals surface area contributed by atoms with E-state index in [0.717, 1.165) is 28.3 Å². The number of rotatable bonds is 5. The summed E-state index contributed by atoms with van der Waals surface area (Å²) in [5, 5.41) is 12.9. The molecule has 154 valence electrons. The molecule has 0 spiro atoms. The Kier molecular flexibility index (Phi) is 5.41. The molecule has 4 aromatic rings. The third-order valence-corrected chi connectivity index (χ3v) is 5.87. The van der Waals surface area contributed by atoms with Crippen molar-refractivity contribution in [3.05, 3.63) is 90.0 Å². The molecule has 1 atom stereocenters. The Hall–Kier alpha value is -3.58. The second-order valence-corrected chi connectivity index (χ2v) is 7.89. The molecule has 1 unspecified atom stereocenters. The molecular formula is C24H20N4O2S. The Balaban J connectivity index is 1.52. The Morgan fingerprint density at radius 2 is 1.71 bits per heavy atom. The van der Waals surface area contributed by atoms with Crippen molar-refractivity contribution in [3.63, 3.8) is 0 Å². The molecule has 0 fully saturated rings. The third kappa shape index (κ3) is 4.04. The number of benzene rings is 3. The highest BCUT2D eigenvalue weighted by Gasteiger charge is 2.27. The summed E-state index contributed by atoms with van der Waals surface area (Å²) in [6, 6.07) is 25.9. The molecule has 2 heterocycles. The summed E-state index contributed by atoms with van der Waals surface area (Å²) >= 11 is 1.53. The van der Waals surface area contributed by atoms with Crippen LogP contribution in [-0.2, 0) is 5.75 Å². The summed E-state index contributed by atoms with van der Waals surface area (Å²) in [6.07, 6.45) is -0.484. The standard InChI is InChI=1S/C24H20N4O2S/c1-29-20-14-8-6-12-18(20)22-25-19-13-7-5-11-17(19)21-23(30-22)26-24(28-27-21)31-15-16-9-3-2-4-10-16/h2-14,22,25H,15H2,1H3. The van der Waals surface area contributed by atoms with E-state index in [2.05, 4.69) is 27.6 Å². The van der Waals surface area contributed by atoms with E-state index in [1.165, 1.54) is 17.3 Å². The molecule has 1 aromatic heterocycles. The van der Waals surface area contributed by atoms with Gasteiger partial charge in [-0.25, -0.2) is 0 Å². The molecule has 0 saturated carbocycles. The second-order valence-electron chi connectivity index (χ2n) is 6.95. The number of ether oxygens (including phenoxy) is 2. The van der Waals surface area contributed by atoms with Gasteiger partial charge in [0, 0.05) is 17.0 Å². The zero-order valence-electron chi connectivity index (χ0n) is 16.9. The van der Waals surface area contributed by atoms with Crippen molar-refractivity contribution < 1.29 is 9.47 Å². The number of nitrogens with one attached hydrogen (secondary N) is 1. The zero-order valence-corrected chi connectivity index (χ0v) is 17.7. The minimum atomic E-state index is -0.484. The van der Waals surface area contributed by atoms with E-state index in [9.17, 15) is 0 Å². The Morgan fingerprint density at radius 1 is 0.935 bits per heavy atom. The van der Waals surface area contributed by atoms with Crippen LogP contribution in [-0.4, -0.2) is 22.3 Å². The largest absolute Gasteiger partial charge is 0.496 e.